The van der Waals surface area contributed by atoms with Crippen molar-refractivity contribution >= 4 is 5.97 Å². The normalized spacial score (nSPS) is 9.93. The maximum Gasteiger partial charge on any atom is 0.341 e. The Balaban J connectivity index is 2.93. The molecule has 80 valence electrons. The van der Waals surface area contributed by atoms with E-state index in [-0.39, 0.29) is 5.56 Å². The van der Waals surface area contributed by atoms with Crippen molar-refractivity contribution in [3.63, 3.8) is 0 Å². The summed E-state index contributed by atoms with van der Waals surface area (Å²) in [6, 6.07) is 1.27. The number of carboxylic acids is 1. The second-order valence-electron chi connectivity index (χ2n) is 3.47. The third-order valence-corrected chi connectivity index (χ3v) is 2.00. The number of nitrogens with zero attached hydrogens (tertiary/aromatic N) is 1. The topological polar surface area (TPSA) is 59.3 Å². The number of allylic oxidation sites excluding steroid dienone is 1. The van der Waals surface area contributed by atoms with Gasteiger partial charge >= 0.3 is 5.97 Å². The third kappa shape index (κ3) is 3.09. The van der Waals surface area contributed by atoms with Gasteiger partial charge in [0.2, 0.25) is 0 Å². The van der Waals surface area contributed by atoms with Crippen LogP contribution in [-0.2, 0) is 6.54 Å². The number of pyridine rings is 1. The Morgan fingerprint density at radius 1 is 1.60 bits per heavy atom. The van der Waals surface area contributed by atoms with Gasteiger partial charge in [-0.15, -0.1) is 6.58 Å². The van der Waals surface area contributed by atoms with E-state index in [9.17, 15) is 9.59 Å². The number of aryl methyl sites for hydroxylation is 1. The van der Waals surface area contributed by atoms with Gasteiger partial charge in [0.25, 0.3) is 0 Å². The molecule has 0 bridgehead atoms. The quantitative estimate of drug-likeness (QED) is 0.761. The summed E-state index contributed by atoms with van der Waals surface area (Å²) >= 11 is 0. The highest BCUT2D eigenvalue weighted by molar-refractivity contribution is 5.86. The van der Waals surface area contributed by atoms with Crippen LogP contribution in [0.25, 0.3) is 0 Å². The Morgan fingerprint density at radius 3 is 2.80 bits per heavy atom. The van der Waals surface area contributed by atoms with E-state index in [4.69, 9.17) is 5.11 Å². The fourth-order valence-electron chi connectivity index (χ4n) is 1.15. The van der Waals surface area contributed by atoms with Crippen LogP contribution in [0.5, 0.6) is 0 Å². The summed E-state index contributed by atoms with van der Waals surface area (Å²) in [5, 5.41) is 8.74. The molecule has 4 heteroatoms. The Labute approximate surface area is 87.5 Å². The minimum atomic E-state index is -1.19. The zero-order chi connectivity index (χ0) is 11.4. The third-order valence-electron chi connectivity index (χ3n) is 2.00. The smallest absolute Gasteiger partial charge is 0.341 e. The van der Waals surface area contributed by atoms with Crippen LogP contribution in [0.3, 0.4) is 0 Å². The van der Waals surface area contributed by atoms with Crippen LogP contribution in [0.2, 0.25) is 0 Å². The first-order valence-corrected chi connectivity index (χ1v) is 4.58. The summed E-state index contributed by atoms with van der Waals surface area (Å²) in [6.07, 6.45) is 3.70. The molecular weight excluding hydrogens is 194 g/mol. The molecule has 4 nitrogen and oxygen atoms in total. The molecule has 0 amide bonds. The first kappa shape index (κ1) is 11.2. The van der Waals surface area contributed by atoms with Gasteiger partial charge in [0.05, 0.1) is 0 Å². The van der Waals surface area contributed by atoms with Gasteiger partial charge in [0, 0.05) is 25.0 Å². The minimum absolute atomic E-state index is 0.195. The van der Waals surface area contributed by atoms with Gasteiger partial charge in [0.1, 0.15) is 5.56 Å². The predicted molar refractivity (Wildman–Crippen MR) is 57.1 cm³/mol. The van der Waals surface area contributed by atoms with Crippen molar-refractivity contribution in [1.29, 1.82) is 0 Å². The van der Waals surface area contributed by atoms with Crippen molar-refractivity contribution < 1.29 is 9.90 Å². The SMILES string of the molecule is C=C(C)CCn1ccc(=O)c(C(=O)O)c1. The lowest BCUT2D eigenvalue weighted by Gasteiger charge is -2.06. The highest BCUT2D eigenvalue weighted by atomic mass is 16.4. The highest BCUT2D eigenvalue weighted by Crippen LogP contribution is 2.00. The van der Waals surface area contributed by atoms with Crippen LogP contribution in [0.4, 0.5) is 0 Å². The summed E-state index contributed by atoms with van der Waals surface area (Å²) in [4.78, 5) is 21.8. The maximum absolute atomic E-state index is 11.1. The fourth-order valence-corrected chi connectivity index (χ4v) is 1.15. The summed E-state index contributed by atoms with van der Waals surface area (Å²) < 4.78 is 1.68. The Bertz CT molecular complexity index is 445. The van der Waals surface area contributed by atoms with Crippen molar-refractivity contribution in [3.8, 4) is 0 Å². The molecule has 0 aliphatic heterocycles. The average Bonchev–Trinajstić information content (AvgIpc) is 2.16. The predicted octanol–water partition coefficient (Wildman–Crippen LogP) is 1.51. The van der Waals surface area contributed by atoms with Gasteiger partial charge in [-0.3, -0.25) is 4.79 Å². The molecule has 0 spiro atoms. The monoisotopic (exact) mass is 207 g/mol. The van der Waals surface area contributed by atoms with Gasteiger partial charge < -0.3 is 9.67 Å². The zero-order valence-corrected chi connectivity index (χ0v) is 8.56. The minimum Gasteiger partial charge on any atom is -0.477 e. The molecule has 1 rings (SSSR count). The van der Waals surface area contributed by atoms with E-state index in [0.717, 1.165) is 12.0 Å². The standard InChI is InChI=1S/C11H13NO3/c1-8(2)3-5-12-6-4-10(13)9(7-12)11(14)15/h4,6-7H,1,3,5H2,2H3,(H,14,15). The molecule has 0 saturated carbocycles. The number of rotatable bonds is 4. The van der Waals surface area contributed by atoms with E-state index < -0.39 is 11.4 Å². The van der Waals surface area contributed by atoms with E-state index in [1.54, 1.807) is 10.8 Å². The molecular formula is C11H13NO3. The van der Waals surface area contributed by atoms with Gasteiger partial charge in [-0.2, -0.15) is 0 Å². The molecule has 0 radical (unpaired) electrons. The van der Waals surface area contributed by atoms with Crippen LogP contribution in [0.15, 0.2) is 35.4 Å². The molecule has 0 saturated heterocycles. The Kier molecular flexibility index (Phi) is 3.44. The molecule has 1 aromatic rings. The van der Waals surface area contributed by atoms with Crippen molar-refractivity contribution in [1.82, 2.24) is 4.57 Å². The van der Waals surface area contributed by atoms with Crippen LogP contribution in [-0.4, -0.2) is 15.6 Å². The molecule has 0 atom stereocenters. The highest BCUT2D eigenvalue weighted by Gasteiger charge is 2.07. The first-order valence-electron chi connectivity index (χ1n) is 4.58. The number of hydrogen-bond acceptors (Lipinski definition) is 2. The van der Waals surface area contributed by atoms with Gasteiger partial charge in [-0.1, -0.05) is 5.57 Å². The van der Waals surface area contributed by atoms with Gasteiger partial charge in [-0.05, 0) is 13.3 Å². The molecule has 1 heterocycles. The molecule has 0 aromatic carbocycles. The summed E-state index contributed by atoms with van der Waals surface area (Å²) in [5.74, 6) is -1.19. The number of carboxylic acid groups (broad SMARTS) is 1. The summed E-state index contributed by atoms with van der Waals surface area (Å²) in [6.45, 7) is 6.29. The number of aromatic nitrogens is 1. The van der Waals surface area contributed by atoms with Crippen molar-refractivity contribution in [2.75, 3.05) is 0 Å². The number of carbonyl (C=O) groups is 1. The largest absolute Gasteiger partial charge is 0.477 e. The lowest BCUT2D eigenvalue weighted by atomic mass is 10.2. The lowest BCUT2D eigenvalue weighted by Crippen LogP contribution is -2.16. The van der Waals surface area contributed by atoms with Crippen molar-refractivity contribution in [3.05, 3.63) is 46.4 Å². The molecule has 1 N–H and O–H groups in total. The Morgan fingerprint density at radius 2 is 2.27 bits per heavy atom. The van der Waals surface area contributed by atoms with E-state index in [2.05, 4.69) is 6.58 Å². The second kappa shape index (κ2) is 4.59. The number of aromatic carboxylic acids is 1. The van der Waals surface area contributed by atoms with Gasteiger partial charge in [0.15, 0.2) is 5.43 Å². The number of hydrogen-bond donors (Lipinski definition) is 1. The molecule has 0 aliphatic carbocycles. The Hall–Kier alpha value is -1.84. The fraction of sp³-hybridized carbons (Fsp3) is 0.273. The summed E-state index contributed by atoms with van der Waals surface area (Å²) in [7, 11) is 0. The van der Waals surface area contributed by atoms with E-state index in [1.165, 1.54) is 12.3 Å². The molecule has 1 aromatic heterocycles. The van der Waals surface area contributed by atoms with Crippen LogP contribution in [0.1, 0.15) is 23.7 Å². The molecule has 0 fully saturated rings. The zero-order valence-electron chi connectivity index (χ0n) is 8.56. The van der Waals surface area contributed by atoms with Crippen LogP contribution < -0.4 is 5.43 Å². The van der Waals surface area contributed by atoms with E-state index >= 15 is 0 Å². The van der Waals surface area contributed by atoms with Gasteiger partial charge in [-0.25, -0.2) is 4.79 Å². The summed E-state index contributed by atoms with van der Waals surface area (Å²) in [5.41, 5.74) is 0.360. The van der Waals surface area contributed by atoms with Crippen molar-refractivity contribution in [2.24, 2.45) is 0 Å². The van der Waals surface area contributed by atoms with E-state index in [0.29, 0.717) is 6.54 Å². The molecule has 0 unspecified atom stereocenters. The average molecular weight is 207 g/mol. The maximum atomic E-state index is 11.1. The lowest BCUT2D eigenvalue weighted by molar-refractivity contribution is 0.0694. The van der Waals surface area contributed by atoms with E-state index in [1.807, 2.05) is 6.92 Å². The first-order chi connectivity index (χ1) is 7.00. The van der Waals surface area contributed by atoms with Crippen LogP contribution in [0, 0.1) is 0 Å². The molecule has 15 heavy (non-hydrogen) atoms. The van der Waals surface area contributed by atoms with Crippen LogP contribution >= 0.6 is 0 Å². The van der Waals surface area contributed by atoms with Crippen molar-refractivity contribution in [2.45, 2.75) is 19.9 Å². The molecule has 0 aliphatic rings. The second-order valence-corrected chi connectivity index (χ2v) is 3.47.